The monoisotopic (exact) mass is 376 g/mol. The molecule has 1 aliphatic rings. The number of para-hydroxylation sites is 1. The summed E-state index contributed by atoms with van der Waals surface area (Å²) in [4.78, 5) is 24.4. The Labute approximate surface area is 154 Å². The number of hydrogen-bond acceptors (Lipinski definition) is 4. The third kappa shape index (κ3) is 4.72. The molecule has 6 nitrogen and oxygen atoms in total. The van der Waals surface area contributed by atoms with Gasteiger partial charge in [0.05, 0.1) is 12.7 Å². The first-order chi connectivity index (χ1) is 13.0. The van der Waals surface area contributed by atoms with E-state index in [0.717, 1.165) is 12.8 Å². The molecule has 2 amide bonds. The molecule has 0 heterocycles. The van der Waals surface area contributed by atoms with Crippen LogP contribution in [0.1, 0.15) is 23.2 Å². The summed E-state index contributed by atoms with van der Waals surface area (Å²) in [6, 6.07) is 10.9. The van der Waals surface area contributed by atoms with Crippen molar-refractivity contribution >= 4 is 23.2 Å². The molecular weight excluding hydrogens is 358 g/mol. The SMILES string of the molecule is COc1cccc(C(=O)Nc2cccc(NC(=O)C3CC3)c2)c1OC(F)F. The third-order valence-electron chi connectivity index (χ3n) is 3.99. The number of halogens is 2. The van der Waals surface area contributed by atoms with Gasteiger partial charge in [0.25, 0.3) is 5.91 Å². The van der Waals surface area contributed by atoms with E-state index in [0.29, 0.717) is 11.4 Å². The van der Waals surface area contributed by atoms with Gasteiger partial charge < -0.3 is 20.1 Å². The van der Waals surface area contributed by atoms with E-state index in [1.165, 1.54) is 25.3 Å². The highest BCUT2D eigenvalue weighted by Gasteiger charge is 2.29. The summed E-state index contributed by atoms with van der Waals surface area (Å²) in [5, 5.41) is 5.39. The minimum absolute atomic E-state index is 0.0217. The quantitative estimate of drug-likeness (QED) is 0.768. The Morgan fingerprint density at radius 3 is 2.37 bits per heavy atom. The Bertz CT molecular complexity index is 853. The molecule has 1 fully saturated rings. The topological polar surface area (TPSA) is 76.7 Å². The van der Waals surface area contributed by atoms with Crippen LogP contribution in [0.2, 0.25) is 0 Å². The lowest BCUT2D eigenvalue weighted by molar-refractivity contribution is -0.117. The number of carbonyl (C=O) groups is 2. The van der Waals surface area contributed by atoms with Gasteiger partial charge in [0.1, 0.15) is 0 Å². The van der Waals surface area contributed by atoms with Crippen molar-refractivity contribution in [3.8, 4) is 11.5 Å². The van der Waals surface area contributed by atoms with Gasteiger partial charge in [0, 0.05) is 17.3 Å². The second-order valence-electron chi connectivity index (χ2n) is 6.01. The fraction of sp³-hybridized carbons (Fsp3) is 0.263. The zero-order valence-corrected chi connectivity index (χ0v) is 14.5. The maximum Gasteiger partial charge on any atom is 0.387 e. The number of hydrogen-bond donors (Lipinski definition) is 2. The molecule has 142 valence electrons. The molecule has 3 rings (SSSR count). The van der Waals surface area contributed by atoms with Crippen LogP contribution in [0.5, 0.6) is 11.5 Å². The number of anilines is 2. The standard InChI is InChI=1S/C19H18F2N2O4/c1-26-15-7-3-6-14(16(15)27-19(20)21)18(25)23-13-5-2-4-12(10-13)22-17(24)11-8-9-11/h2-7,10-11,19H,8-9H2,1H3,(H,22,24)(H,23,25). The first-order valence-corrected chi connectivity index (χ1v) is 8.32. The molecule has 0 aromatic heterocycles. The summed E-state index contributed by atoms with van der Waals surface area (Å²) >= 11 is 0. The van der Waals surface area contributed by atoms with Crippen LogP contribution < -0.4 is 20.1 Å². The summed E-state index contributed by atoms with van der Waals surface area (Å²) in [7, 11) is 1.29. The summed E-state index contributed by atoms with van der Waals surface area (Å²) < 4.78 is 34.9. The van der Waals surface area contributed by atoms with Crippen LogP contribution in [-0.2, 0) is 4.79 Å². The number of alkyl halides is 2. The van der Waals surface area contributed by atoms with Gasteiger partial charge in [-0.15, -0.1) is 0 Å². The van der Waals surface area contributed by atoms with Crippen LogP contribution in [0.4, 0.5) is 20.2 Å². The summed E-state index contributed by atoms with van der Waals surface area (Å²) in [5.74, 6) is -0.970. The van der Waals surface area contributed by atoms with E-state index in [1.54, 1.807) is 24.3 Å². The predicted octanol–water partition coefficient (Wildman–Crippen LogP) is 3.90. The van der Waals surface area contributed by atoms with Crippen molar-refractivity contribution in [1.29, 1.82) is 0 Å². The molecular formula is C19H18F2N2O4. The lowest BCUT2D eigenvalue weighted by Gasteiger charge is -2.14. The van der Waals surface area contributed by atoms with Gasteiger partial charge in [-0.1, -0.05) is 12.1 Å². The van der Waals surface area contributed by atoms with Crippen molar-refractivity contribution in [2.75, 3.05) is 17.7 Å². The Morgan fingerprint density at radius 2 is 1.74 bits per heavy atom. The van der Waals surface area contributed by atoms with Crippen LogP contribution in [0.3, 0.4) is 0 Å². The van der Waals surface area contributed by atoms with Crippen LogP contribution in [-0.4, -0.2) is 25.5 Å². The van der Waals surface area contributed by atoms with E-state index in [2.05, 4.69) is 15.4 Å². The normalized spacial score (nSPS) is 13.2. The van der Waals surface area contributed by atoms with Gasteiger partial charge in [-0.3, -0.25) is 9.59 Å². The van der Waals surface area contributed by atoms with Crippen LogP contribution in [0.25, 0.3) is 0 Å². The Hall–Kier alpha value is -3.16. The molecule has 2 aromatic rings. The molecule has 0 aliphatic heterocycles. The van der Waals surface area contributed by atoms with Gasteiger partial charge >= 0.3 is 6.61 Å². The molecule has 27 heavy (non-hydrogen) atoms. The predicted molar refractivity (Wildman–Crippen MR) is 95.4 cm³/mol. The summed E-state index contributed by atoms with van der Waals surface area (Å²) in [6.07, 6.45) is 1.76. The zero-order chi connectivity index (χ0) is 19.4. The molecule has 0 unspecified atom stereocenters. The largest absolute Gasteiger partial charge is 0.493 e. The molecule has 2 aromatic carbocycles. The number of ether oxygens (including phenoxy) is 2. The third-order valence-corrected chi connectivity index (χ3v) is 3.99. The summed E-state index contributed by atoms with van der Waals surface area (Å²) in [5.41, 5.74) is 0.848. The molecule has 1 aliphatic carbocycles. The van der Waals surface area contributed by atoms with E-state index < -0.39 is 12.5 Å². The van der Waals surface area contributed by atoms with Gasteiger partial charge in [-0.2, -0.15) is 8.78 Å². The fourth-order valence-corrected chi connectivity index (χ4v) is 2.53. The van der Waals surface area contributed by atoms with Crippen molar-refractivity contribution in [3.05, 3.63) is 48.0 Å². The highest BCUT2D eigenvalue weighted by atomic mass is 19.3. The average molecular weight is 376 g/mol. The van der Waals surface area contributed by atoms with Crippen molar-refractivity contribution in [2.24, 2.45) is 5.92 Å². The number of methoxy groups -OCH3 is 1. The smallest absolute Gasteiger partial charge is 0.387 e. The van der Waals surface area contributed by atoms with E-state index >= 15 is 0 Å². The number of amides is 2. The molecule has 0 saturated heterocycles. The minimum Gasteiger partial charge on any atom is -0.493 e. The van der Waals surface area contributed by atoms with Crippen LogP contribution >= 0.6 is 0 Å². The highest BCUT2D eigenvalue weighted by molar-refractivity contribution is 6.07. The average Bonchev–Trinajstić information content (AvgIpc) is 3.47. The van der Waals surface area contributed by atoms with Crippen molar-refractivity contribution < 1.29 is 27.8 Å². The molecule has 8 heteroatoms. The zero-order valence-electron chi connectivity index (χ0n) is 14.5. The Kier molecular flexibility index (Phi) is 5.54. The molecule has 2 N–H and O–H groups in total. The number of nitrogens with one attached hydrogen (secondary N) is 2. The van der Waals surface area contributed by atoms with E-state index in [4.69, 9.17) is 4.74 Å². The van der Waals surface area contributed by atoms with E-state index in [1.807, 2.05) is 0 Å². The van der Waals surface area contributed by atoms with Gasteiger partial charge in [0.15, 0.2) is 11.5 Å². The maximum atomic E-state index is 12.7. The van der Waals surface area contributed by atoms with Crippen LogP contribution in [0, 0.1) is 5.92 Å². The lowest BCUT2D eigenvalue weighted by Crippen LogP contribution is -2.16. The lowest BCUT2D eigenvalue weighted by atomic mass is 10.1. The minimum atomic E-state index is -3.10. The second kappa shape index (κ2) is 8.03. The fourth-order valence-electron chi connectivity index (χ4n) is 2.53. The molecule has 0 radical (unpaired) electrons. The second-order valence-corrected chi connectivity index (χ2v) is 6.01. The Balaban J connectivity index is 1.78. The first kappa shape index (κ1) is 18.6. The van der Waals surface area contributed by atoms with Crippen LogP contribution in [0.15, 0.2) is 42.5 Å². The number of rotatable bonds is 7. The molecule has 0 spiro atoms. The maximum absolute atomic E-state index is 12.7. The van der Waals surface area contributed by atoms with E-state index in [-0.39, 0.29) is 28.9 Å². The van der Waals surface area contributed by atoms with E-state index in [9.17, 15) is 18.4 Å². The number of benzene rings is 2. The van der Waals surface area contributed by atoms with Gasteiger partial charge in [0.2, 0.25) is 5.91 Å². The highest BCUT2D eigenvalue weighted by Crippen LogP contribution is 2.33. The van der Waals surface area contributed by atoms with Crippen molar-refractivity contribution in [3.63, 3.8) is 0 Å². The van der Waals surface area contributed by atoms with Gasteiger partial charge in [-0.05, 0) is 43.2 Å². The molecule has 0 bridgehead atoms. The number of carbonyl (C=O) groups excluding carboxylic acids is 2. The molecule has 0 atom stereocenters. The summed E-state index contributed by atoms with van der Waals surface area (Å²) in [6.45, 7) is -3.10. The first-order valence-electron chi connectivity index (χ1n) is 8.32. The Morgan fingerprint density at radius 1 is 1.07 bits per heavy atom. The molecule has 1 saturated carbocycles. The van der Waals surface area contributed by atoms with Crippen molar-refractivity contribution in [1.82, 2.24) is 0 Å². The van der Waals surface area contributed by atoms with Gasteiger partial charge in [-0.25, -0.2) is 0 Å². The van der Waals surface area contributed by atoms with Crippen molar-refractivity contribution in [2.45, 2.75) is 19.5 Å².